The van der Waals surface area contributed by atoms with E-state index in [4.69, 9.17) is 0 Å². The van der Waals surface area contributed by atoms with Crippen molar-refractivity contribution in [3.63, 3.8) is 0 Å². The van der Waals surface area contributed by atoms with Crippen molar-refractivity contribution in [1.29, 1.82) is 0 Å². The fourth-order valence-electron chi connectivity index (χ4n) is 1.63. The Morgan fingerprint density at radius 1 is 1.27 bits per heavy atom. The van der Waals surface area contributed by atoms with E-state index >= 15 is 0 Å². The Hall–Kier alpha value is -1.78. The topological polar surface area (TPSA) is 37.4 Å². The number of hydrogen-bond donors (Lipinski definition) is 0. The standard InChI is InChI=1S/C10H7F2NO2/c1-2-13-8-5(9(14)10(13)15)3-4-6(11)7(8)12/h3-4H,2H2,1H3. The molecule has 1 amide bonds. The molecule has 0 saturated carbocycles. The van der Waals surface area contributed by atoms with Gasteiger partial charge in [0.05, 0.1) is 11.3 Å². The summed E-state index contributed by atoms with van der Waals surface area (Å²) in [4.78, 5) is 23.6. The van der Waals surface area contributed by atoms with Gasteiger partial charge in [0.2, 0.25) is 0 Å². The van der Waals surface area contributed by atoms with E-state index in [1.807, 2.05) is 0 Å². The molecule has 1 heterocycles. The van der Waals surface area contributed by atoms with Gasteiger partial charge in [-0.3, -0.25) is 9.59 Å². The normalized spacial score (nSPS) is 14.7. The minimum absolute atomic E-state index is 0.0687. The third-order valence-electron chi connectivity index (χ3n) is 2.34. The summed E-state index contributed by atoms with van der Waals surface area (Å²) >= 11 is 0. The van der Waals surface area contributed by atoms with Crippen molar-refractivity contribution in [3.05, 3.63) is 29.3 Å². The minimum Gasteiger partial charge on any atom is -0.302 e. The molecular weight excluding hydrogens is 204 g/mol. The van der Waals surface area contributed by atoms with Gasteiger partial charge in [-0.25, -0.2) is 8.78 Å². The van der Waals surface area contributed by atoms with Crippen LogP contribution in [0.1, 0.15) is 17.3 Å². The molecule has 0 radical (unpaired) electrons. The molecule has 5 heteroatoms. The van der Waals surface area contributed by atoms with Crippen molar-refractivity contribution >= 4 is 17.4 Å². The fraction of sp³-hybridized carbons (Fsp3) is 0.200. The summed E-state index contributed by atoms with van der Waals surface area (Å²) < 4.78 is 26.3. The van der Waals surface area contributed by atoms with Gasteiger partial charge >= 0.3 is 0 Å². The van der Waals surface area contributed by atoms with Crippen LogP contribution in [0.3, 0.4) is 0 Å². The number of halogens is 2. The molecule has 0 N–H and O–H groups in total. The van der Waals surface area contributed by atoms with Gasteiger partial charge in [-0.2, -0.15) is 0 Å². The maximum Gasteiger partial charge on any atom is 0.299 e. The van der Waals surface area contributed by atoms with E-state index < -0.39 is 23.3 Å². The van der Waals surface area contributed by atoms with Crippen LogP contribution in [0, 0.1) is 11.6 Å². The molecule has 1 aromatic rings. The van der Waals surface area contributed by atoms with Crippen molar-refractivity contribution < 1.29 is 18.4 Å². The average molecular weight is 211 g/mol. The largest absolute Gasteiger partial charge is 0.302 e. The minimum atomic E-state index is -1.14. The van der Waals surface area contributed by atoms with Gasteiger partial charge < -0.3 is 4.90 Å². The Kier molecular flexibility index (Phi) is 2.03. The van der Waals surface area contributed by atoms with E-state index in [1.54, 1.807) is 6.92 Å². The average Bonchev–Trinajstić information content (AvgIpc) is 2.47. The first kappa shape index (κ1) is 9.76. The van der Waals surface area contributed by atoms with Crippen LogP contribution in [0.15, 0.2) is 12.1 Å². The molecule has 0 aliphatic carbocycles. The monoisotopic (exact) mass is 211 g/mol. The van der Waals surface area contributed by atoms with Crippen molar-refractivity contribution in [3.8, 4) is 0 Å². The van der Waals surface area contributed by atoms with Gasteiger partial charge in [-0.15, -0.1) is 0 Å². The molecule has 2 rings (SSSR count). The van der Waals surface area contributed by atoms with E-state index in [0.29, 0.717) is 0 Å². The molecule has 78 valence electrons. The Balaban J connectivity index is 2.72. The van der Waals surface area contributed by atoms with E-state index in [9.17, 15) is 18.4 Å². The van der Waals surface area contributed by atoms with Gasteiger partial charge in [-0.05, 0) is 19.1 Å². The Bertz CT molecular complexity index is 471. The van der Waals surface area contributed by atoms with Gasteiger partial charge in [0.25, 0.3) is 11.7 Å². The summed E-state index contributed by atoms with van der Waals surface area (Å²) in [6.45, 7) is 1.72. The molecule has 1 aromatic carbocycles. The lowest BCUT2D eigenvalue weighted by Crippen LogP contribution is -2.29. The number of Topliss-reactive ketones (excluding diaryl/α,β-unsaturated/α-hetero) is 1. The highest BCUT2D eigenvalue weighted by Crippen LogP contribution is 2.32. The molecule has 1 aliphatic rings. The number of carbonyl (C=O) groups is 2. The van der Waals surface area contributed by atoms with Crippen molar-refractivity contribution in [2.75, 3.05) is 11.4 Å². The van der Waals surface area contributed by atoms with E-state index in [0.717, 1.165) is 17.0 Å². The van der Waals surface area contributed by atoms with Crippen LogP contribution in [0.2, 0.25) is 0 Å². The molecule has 0 unspecified atom stereocenters. The first-order valence-electron chi connectivity index (χ1n) is 4.42. The molecule has 0 bridgehead atoms. The Morgan fingerprint density at radius 3 is 2.53 bits per heavy atom. The number of hydrogen-bond acceptors (Lipinski definition) is 2. The van der Waals surface area contributed by atoms with E-state index in [1.165, 1.54) is 0 Å². The molecule has 3 nitrogen and oxygen atoms in total. The zero-order valence-electron chi connectivity index (χ0n) is 7.88. The molecular formula is C10H7F2NO2. The number of anilines is 1. The van der Waals surface area contributed by atoms with Crippen LogP contribution >= 0.6 is 0 Å². The maximum absolute atomic E-state index is 13.4. The van der Waals surface area contributed by atoms with Gasteiger partial charge in [-0.1, -0.05) is 0 Å². The zero-order valence-corrected chi connectivity index (χ0v) is 7.88. The molecule has 0 fully saturated rings. The highest BCUT2D eigenvalue weighted by atomic mass is 19.2. The smallest absolute Gasteiger partial charge is 0.299 e. The summed E-state index contributed by atoms with van der Waals surface area (Å²) in [5.74, 6) is -3.80. The fourth-order valence-corrected chi connectivity index (χ4v) is 1.63. The third kappa shape index (κ3) is 1.16. The summed E-state index contributed by atoms with van der Waals surface area (Å²) in [7, 11) is 0. The molecule has 0 spiro atoms. The number of carbonyl (C=O) groups excluding carboxylic acids is 2. The predicted molar refractivity (Wildman–Crippen MR) is 48.7 cm³/mol. The Morgan fingerprint density at radius 2 is 1.93 bits per heavy atom. The SMILES string of the molecule is CCN1C(=O)C(=O)c2ccc(F)c(F)c21. The lowest BCUT2D eigenvalue weighted by Gasteiger charge is -2.13. The second-order valence-electron chi connectivity index (χ2n) is 3.14. The quantitative estimate of drug-likeness (QED) is 0.660. The number of benzene rings is 1. The molecule has 0 aromatic heterocycles. The number of likely N-dealkylation sites (N-methyl/N-ethyl adjacent to an activating group) is 1. The predicted octanol–water partition coefficient (Wildman–Crippen LogP) is 1.51. The van der Waals surface area contributed by atoms with Gasteiger partial charge in [0.15, 0.2) is 11.6 Å². The summed E-state index contributed by atoms with van der Waals surface area (Å²) in [5.41, 5.74) is -0.312. The summed E-state index contributed by atoms with van der Waals surface area (Å²) in [6, 6.07) is 1.97. The van der Waals surface area contributed by atoms with Gasteiger partial charge in [0.1, 0.15) is 0 Å². The zero-order chi connectivity index (χ0) is 11.2. The van der Waals surface area contributed by atoms with Gasteiger partial charge in [0, 0.05) is 6.54 Å². The number of amides is 1. The number of nitrogens with zero attached hydrogens (tertiary/aromatic N) is 1. The Labute approximate surface area is 84.3 Å². The lowest BCUT2D eigenvalue weighted by molar-refractivity contribution is -0.114. The summed E-state index contributed by atoms with van der Waals surface area (Å²) in [5, 5.41) is 0. The van der Waals surface area contributed by atoms with Crippen LogP contribution in [-0.4, -0.2) is 18.2 Å². The van der Waals surface area contributed by atoms with Crippen LogP contribution in [0.25, 0.3) is 0 Å². The third-order valence-corrected chi connectivity index (χ3v) is 2.34. The van der Waals surface area contributed by atoms with Crippen molar-refractivity contribution in [2.24, 2.45) is 0 Å². The molecule has 0 atom stereocenters. The second-order valence-corrected chi connectivity index (χ2v) is 3.14. The van der Waals surface area contributed by atoms with Crippen LogP contribution in [-0.2, 0) is 4.79 Å². The number of fused-ring (bicyclic) bond motifs is 1. The molecule has 0 saturated heterocycles. The van der Waals surface area contributed by atoms with E-state index in [2.05, 4.69) is 0 Å². The molecule has 1 aliphatic heterocycles. The lowest BCUT2D eigenvalue weighted by atomic mass is 10.1. The first-order chi connectivity index (χ1) is 7.07. The highest BCUT2D eigenvalue weighted by Gasteiger charge is 2.38. The number of ketones is 1. The number of rotatable bonds is 1. The van der Waals surface area contributed by atoms with Crippen LogP contribution in [0.4, 0.5) is 14.5 Å². The second kappa shape index (κ2) is 3.12. The van der Waals surface area contributed by atoms with Crippen molar-refractivity contribution in [2.45, 2.75) is 6.92 Å². The van der Waals surface area contributed by atoms with Crippen LogP contribution in [0.5, 0.6) is 0 Å². The summed E-state index contributed by atoms with van der Waals surface area (Å²) in [6.07, 6.45) is 0. The first-order valence-corrected chi connectivity index (χ1v) is 4.42. The van der Waals surface area contributed by atoms with Crippen LogP contribution < -0.4 is 4.90 Å². The molecule has 15 heavy (non-hydrogen) atoms. The van der Waals surface area contributed by atoms with E-state index in [-0.39, 0.29) is 17.8 Å². The van der Waals surface area contributed by atoms with Crippen molar-refractivity contribution in [1.82, 2.24) is 0 Å². The maximum atomic E-state index is 13.4. The highest BCUT2D eigenvalue weighted by molar-refractivity contribution is 6.52.